The Bertz CT molecular complexity index is 511. The van der Waals surface area contributed by atoms with E-state index in [9.17, 15) is 0 Å². The number of aliphatic imine (C=N–C) groups is 1. The van der Waals surface area contributed by atoms with Crippen LogP contribution in [0.4, 0.5) is 0 Å². The summed E-state index contributed by atoms with van der Waals surface area (Å²) in [6.07, 6.45) is 0. The Kier molecular flexibility index (Phi) is 6.78. The Labute approximate surface area is 132 Å². The summed E-state index contributed by atoms with van der Waals surface area (Å²) in [5, 5.41) is 14.2. The minimum atomic E-state index is 0. The molecular weight excluding hydrogens is 377 g/mol. The molecule has 0 aromatic carbocycles. The van der Waals surface area contributed by atoms with Gasteiger partial charge in [-0.25, -0.2) is 0 Å². The highest BCUT2D eigenvalue weighted by Gasteiger charge is 2.04. The molecule has 0 atom stereocenters. The highest BCUT2D eigenvalue weighted by atomic mass is 127. The summed E-state index contributed by atoms with van der Waals surface area (Å²) in [5.41, 5.74) is 1.23. The molecule has 0 aliphatic rings. The second-order valence-corrected chi connectivity index (χ2v) is 4.43. The van der Waals surface area contributed by atoms with Crippen LogP contribution >= 0.6 is 35.3 Å². The number of hydrogen-bond donors (Lipinski definition) is 2. The zero-order valence-electron chi connectivity index (χ0n) is 10.7. The largest absolute Gasteiger partial charge is 0.352 e. The smallest absolute Gasteiger partial charge is 0.246 e. The molecule has 0 radical (unpaired) electrons. The second-order valence-electron chi connectivity index (χ2n) is 3.65. The summed E-state index contributed by atoms with van der Waals surface area (Å²) in [5.74, 6) is 1.89. The summed E-state index contributed by atoms with van der Waals surface area (Å²) in [7, 11) is 1.72. The molecule has 6 nitrogen and oxygen atoms in total. The molecule has 0 aliphatic carbocycles. The number of aromatic nitrogens is 2. The number of rotatable bonds is 4. The van der Waals surface area contributed by atoms with Crippen molar-refractivity contribution in [3.05, 3.63) is 34.1 Å². The quantitative estimate of drug-likeness (QED) is 0.472. The maximum absolute atomic E-state index is 5.00. The summed E-state index contributed by atoms with van der Waals surface area (Å²) >= 11 is 1.68. The number of nitrogens with zero attached hydrogens (tertiary/aromatic N) is 3. The van der Waals surface area contributed by atoms with Gasteiger partial charge in [0.1, 0.15) is 0 Å². The molecule has 19 heavy (non-hydrogen) atoms. The summed E-state index contributed by atoms with van der Waals surface area (Å²) in [6.45, 7) is 2.99. The van der Waals surface area contributed by atoms with Crippen molar-refractivity contribution in [1.29, 1.82) is 0 Å². The van der Waals surface area contributed by atoms with E-state index in [-0.39, 0.29) is 24.0 Å². The van der Waals surface area contributed by atoms with E-state index >= 15 is 0 Å². The SMILES string of the molecule is CN=C(NCc1ccsc1)NCc1nc(C)no1.I. The lowest BCUT2D eigenvalue weighted by molar-refractivity contribution is 0.371. The average Bonchev–Trinajstić information content (AvgIpc) is 3.01. The Morgan fingerprint density at radius 3 is 2.79 bits per heavy atom. The molecule has 8 heteroatoms. The van der Waals surface area contributed by atoms with Crippen LogP contribution in [-0.2, 0) is 13.1 Å². The first-order valence-electron chi connectivity index (χ1n) is 5.52. The van der Waals surface area contributed by atoms with Crippen LogP contribution in [0.2, 0.25) is 0 Å². The Hall–Kier alpha value is -1.16. The monoisotopic (exact) mass is 393 g/mol. The minimum absolute atomic E-state index is 0. The van der Waals surface area contributed by atoms with Crippen LogP contribution in [-0.4, -0.2) is 23.1 Å². The highest BCUT2D eigenvalue weighted by molar-refractivity contribution is 14.0. The van der Waals surface area contributed by atoms with Crippen molar-refractivity contribution in [3.63, 3.8) is 0 Å². The lowest BCUT2D eigenvalue weighted by Gasteiger charge is -2.09. The van der Waals surface area contributed by atoms with Gasteiger partial charge in [-0.2, -0.15) is 16.3 Å². The van der Waals surface area contributed by atoms with Crippen LogP contribution in [0, 0.1) is 6.92 Å². The molecule has 0 bridgehead atoms. The number of nitrogens with one attached hydrogen (secondary N) is 2. The number of aryl methyl sites for hydroxylation is 1. The van der Waals surface area contributed by atoms with Gasteiger partial charge in [-0.1, -0.05) is 5.16 Å². The third-order valence-corrected chi connectivity index (χ3v) is 2.97. The van der Waals surface area contributed by atoms with Crippen molar-refractivity contribution >= 4 is 41.3 Å². The highest BCUT2D eigenvalue weighted by Crippen LogP contribution is 2.04. The van der Waals surface area contributed by atoms with Gasteiger partial charge in [-0.05, 0) is 29.3 Å². The summed E-state index contributed by atoms with van der Waals surface area (Å²) in [4.78, 5) is 8.22. The molecule has 0 saturated carbocycles. The predicted octanol–water partition coefficient (Wildman–Crippen LogP) is 1.92. The van der Waals surface area contributed by atoms with Crippen LogP contribution in [0.3, 0.4) is 0 Å². The van der Waals surface area contributed by atoms with Gasteiger partial charge >= 0.3 is 0 Å². The predicted molar refractivity (Wildman–Crippen MR) is 85.8 cm³/mol. The first-order chi connectivity index (χ1) is 8.78. The van der Waals surface area contributed by atoms with E-state index < -0.39 is 0 Å². The summed E-state index contributed by atoms with van der Waals surface area (Å²) < 4.78 is 5.00. The fourth-order valence-electron chi connectivity index (χ4n) is 1.37. The number of guanidine groups is 1. The molecule has 104 valence electrons. The van der Waals surface area contributed by atoms with E-state index in [4.69, 9.17) is 4.52 Å². The lowest BCUT2D eigenvalue weighted by Crippen LogP contribution is -2.36. The average molecular weight is 393 g/mol. The normalized spacial score (nSPS) is 10.9. The molecule has 2 aromatic rings. The van der Waals surface area contributed by atoms with Gasteiger partial charge in [-0.3, -0.25) is 4.99 Å². The second kappa shape index (κ2) is 8.10. The molecule has 0 aliphatic heterocycles. The standard InChI is InChI=1S/C11H15N5OS.HI/c1-8-15-10(17-16-8)6-14-11(12-2)13-5-9-3-4-18-7-9;/h3-4,7H,5-6H2,1-2H3,(H2,12,13,14);1H. The van der Waals surface area contributed by atoms with Gasteiger partial charge < -0.3 is 15.2 Å². The third kappa shape index (κ3) is 5.15. The first kappa shape index (κ1) is 15.9. The Morgan fingerprint density at radius 1 is 1.42 bits per heavy atom. The van der Waals surface area contributed by atoms with Crippen LogP contribution < -0.4 is 10.6 Å². The van der Waals surface area contributed by atoms with Crippen molar-refractivity contribution in [2.24, 2.45) is 4.99 Å². The van der Waals surface area contributed by atoms with Crippen molar-refractivity contribution in [1.82, 2.24) is 20.8 Å². The van der Waals surface area contributed by atoms with E-state index in [2.05, 4.69) is 42.6 Å². The van der Waals surface area contributed by atoms with Crippen LogP contribution in [0.25, 0.3) is 0 Å². The minimum Gasteiger partial charge on any atom is -0.352 e. The molecule has 0 unspecified atom stereocenters. The first-order valence-corrected chi connectivity index (χ1v) is 6.47. The number of halogens is 1. The third-order valence-electron chi connectivity index (χ3n) is 2.24. The summed E-state index contributed by atoms with van der Waals surface area (Å²) in [6, 6.07) is 2.08. The fraction of sp³-hybridized carbons (Fsp3) is 0.364. The van der Waals surface area contributed by atoms with E-state index in [1.807, 2.05) is 0 Å². The number of thiophene rings is 1. The van der Waals surface area contributed by atoms with Gasteiger partial charge in [0, 0.05) is 13.6 Å². The number of hydrogen-bond acceptors (Lipinski definition) is 5. The molecule has 0 saturated heterocycles. The van der Waals surface area contributed by atoms with Gasteiger partial charge in [0.15, 0.2) is 11.8 Å². The molecule has 2 N–H and O–H groups in total. The molecule has 0 spiro atoms. The molecule has 0 amide bonds. The van der Waals surface area contributed by atoms with E-state index in [0.29, 0.717) is 24.2 Å². The molecule has 2 heterocycles. The molecule has 2 aromatic heterocycles. The molecule has 0 fully saturated rings. The zero-order chi connectivity index (χ0) is 12.8. The topological polar surface area (TPSA) is 75.3 Å². The van der Waals surface area contributed by atoms with Crippen LogP contribution in [0.1, 0.15) is 17.3 Å². The van der Waals surface area contributed by atoms with Crippen molar-refractivity contribution < 1.29 is 4.52 Å². The fourth-order valence-corrected chi connectivity index (χ4v) is 2.04. The van der Waals surface area contributed by atoms with E-state index in [1.165, 1.54) is 5.56 Å². The lowest BCUT2D eigenvalue weighted by atomic mass is 10.3. The van der Waals surface area contributed by atoms with Crippen LogP contribution in [0.15, 0.2) is 26.3 Å². The Morgan fingerprint density at radius 2 is 2.21 bits per heavy atom. The van der Waals surface area contributed by atoms with Crippen molar-refractivity contribution in [2.75, 3.05) is 7.05 Å². The van der Waals surface area contributed by atoms with Gasteiger partial charge in [0.2, 0.25) is 5.89 Å². The maximum atomic E-state index is 5.00. The molecular formula is C11H16IN5OS. The van der Waals surface area contributed by atoms with Gasteiger partial charge in [0.25, 0.3) is 0 Å². The van der Waals surface area contributed by atoms with Crippen molar-refractivity contribution in [3.8, 4) is 0 Å². The zero-order valence-corrected chi connectivity index (χ0v) is 13.9. The van der Waals surface area contributed by atoms with Crippen molar-refractivity contribution in [2.45, 2.75) is 20.0 Å². The van der Waals surface area contributed by atoms with Crippen LogP contribution in [0.5, 0.6) is 0 Å². The molecule has 2 rings (SSSR count). The van der Waals surface area contributed by atoms with Gasteiger partial charge in [-0.15, -0.1) is 24.0 Å². The van der Waals surface area contributed by atoms with E-state index in [1.54, 1.807) is 25.3 Å². The Balaban J connectivity index is 0.00000180. The van der Waals surface area contributed by atoms with E-state index in [0.717, 1.165) is 6.54 Å². The maximum Gasteiger partial charge on any atom is 0.246 e. The van der Waals surface area contributed by atoms with Gasteiger partial charge in [0.05, 0.1) is 6.54 Å².